The van der Waals surface area contributed by atoms with Crippen LogP contribution in [0.2, 0.25) is 5.02 Å². The van der Waals surface area contributed by atoms with Crippen LogP contribution in [0.25, 0.3) is 0 Å². The fraction of sp³-hybridized carbons (Fsp3) is 0.500. The van der Waals surface area contributed by atoms with Crippen molar-refractivity contribution in [3.8, 4) is 0 Å². The first kappa shape index (κ1) is 16.0. The maximum Gasteiger partial charge on any atom is 0.338 e. The molecule has 4 nitrogen and oxygen atoms in total. The van der Waals surface area contributed by atoms with Crippen LogP contribution in [-0.2, 0) is 9.53 Å². The number of aliphatic hydroxyl groups is 1. The van der Waals surface area contributed by atoms with Gasteiger partial charge < -0.3 is 9.84 Å². The Morgan fingerprint density at radius 2 is 2.21 bits per heavy atom. The molecule has 0 aliphatic heterocycles. The van der Waals surface area contributed by atoms with Crippen LogP contribution in [0.4, 0.5) is 0 Å². The number of ether oxygens (including phenoxy) is 1. The number of esters is 1. The van der Waals surface area contributed by atoms with Crippen LogP contribution in [0.1, 0.15) is 25.5 Å². The van der Waals surface area contributed by atoms with E-state index in [2.05, 4.69) is 4.74 Å². The van der Waals surface area contributed by atoms with Gasteiger partial charge in [0.15, 0.2) is 5.60 Å². The third-order valence-electron chi connectivity index (χ3n) is 3.17. The van der Waals surface area contributed by atoms with E-state index in [1.165, 1.54) is 14.0 Å². The second kappa shape index (κ2) is 6.37. The Balaban J connectivity index is 2.78. The van der Waals surface area contributed by atoms with Gasteiger partial charge in [-0.3, -0.25) is 4.90 Å². The van der Waals surface area contributed by atoms with Crippen LogP contribution in [0, 0.1) is 0 Å². The minimum Gasteiger partial charge on any atom is -0.467 e. The van der Waals surface area contributed by atoms with E-state index in [0.717, 1.165) is 5.56 Å². The van der Waals surface area contributed by atoms with Gasteiger partial charge in [-0.15, -0.1) is 0 Å². The average Bonchev–Trinajstić information content (AvgIpc) is 2.36. The summed E-state index contributed by atoms with van der Waals surface area (Å²) in [6.45, 7) is 3.60. The topological polar surface area (TPSA) is 49.8 Å². The summed E-state index contributed by atoms with van der Waals surface area (Å²) in [6.07, 6.45) is 0. The Bertz CT molecular complexity index is 448. The summed E-state index contributed by atoms with van der Waals surface area (Å²) in [5.74, 6) is -0.641. The lowest BCUT2D eigenvalue weighted by atomic mass is 10.0. The van der Waals surface area contributed by atoms with Gasteiger partial charge in [0.2, 0.25) is 0 Å². The number of rotatable bonds is 5. The minimum atomic E-state index is -1.53. The summed E-state index contributed by atoms with van der Waals surface area (Å²) < 4.78 is 4.58. The molecule has 0 fully saturated rings. The van der Waals surface area contributed by atoms with E-state index in [-0.39, 0.29) is 12.6 Å². The van der Waals surface area contributed by atoms with Crippen LogP contribution in [0.15, 0.2) is 24.3 Å². The van der Waals surface area contributed by atoms with E-state index >= 15 is 0 Å². The first-order valence-electron chi connectivity index (χ1n) is 6.04. The van der Waals surface area contributed by atoms with Crippen molar-refractivity contribution < 1.29 is 14.6 Å². The first-order chi connectivity index (χ1) is 8.77. The molecule has 0 bridgehead atoms. The summed E-state index contributed by atoms with van der Waals surface area (Å²) in [7, 11) is 3.10. The summed E-state index contributed by atoms with van der Waals surface area (Å²) in [6, 6.07) is 7.54. The lowest BCUT2D eigenvalue weighted by Crippen LogP contribution is -2.46. The Hall–Kier alpha value is -1.10. The van der Waals surface area contributed by atoms with Crippen LogP contribution < -0.4 is 0 Å². The number of hydrogen-bond acceptors (Lipinski definition) is 4. The fourth-order valence-electron chi connectivity index (χ4n) is 1.93. The van der Waals surface area contributed by atoms with E-state index in [0.29, 0.717) is 5.02 Å². The number of carbonyl (C=O) groups excluding carboxylic acids is 1. The quantitative estimate of drug-likeness (QED) is 0.843. The van der Waals surface area contributed by atoms with Gasteiger partial charge >= 0.3 is 5.97 Å². The highest BCUT2D eigenvalue weighted by Crippen LogP contribution is 2.23. The molecule has 0 spiro atoms. The number of halogens is 1. The van der Waals surface area contributed by atoms with Crippen LogP contribution in [0.5, 0.6) is 0 Å². The fourth-order valence-corrected chi connectivity index (χ4v) is 2.13. The zero-order valence-corrected chi connectivity index (χ0v) is 12.4. The highest BCUT2D eigenvalue weighted by molar-refractivity contribution is 6.30. The van der Waals surface area contributed by atoms with Crippen LogP contribution >= 0.6 is 11.6 Å². The summed E-state index contributed by atoms with van der Waals surface area (Å²) in [4.78, 5) is 13.3. The molecule has 0 radical (unpaired) electrons. The molecule has 2 atom stereocenters. The Kier molecular flexibility index (Phi) is 5.35. The smallest absolute Gasteiger partial charge is 0.338 e. The van der Waals surface area contributed by atoms with Crippen molar-refractivity contribution in [2.75, 3.05) is 20.7 Å². The molecule has 0 aliphatic carbocycles. The number of nitrogens with zero attached hydrogens (tertiary/aromatic N) is 1. The molecule has 0 saturated heterocycles. The third-order valence-corrected chi connectivity index (χ3v) is 3.41. The minimum absolute atomic E-state index is 0.0230. The van der Waals surface area contributed by atoms with Gasteiger partial charge in [-0.25, -0.2) is 4.79 Å². The molecule has 1 rings (SSSR count). The summed E-state index contributed by atoms with van der Waals surface area (Å²) in [5.41, 5.74) is -0.508. The van der Waals surface area contributed by atoms with E-state index < -0.39 is 11.6 Å². The molecular formula is C14H20ClNO3. The lowest BCUT2D eigenvalue weighted by Gasteiger charge is -2.31. The largest absolute Gasteiger partial charge is 0.467 e. The van der Waals surface area contributed by atoms with Crippen LogP contribution in [0.3, 0.4) is 0 Å². The third kappa shape index (κ3) is 4.20. The van der Waals surface area contributed by atoms with Gasteiger partial charge in [0.25, 0.3) is 0 Å². The van der Waals surface area contributed by atoms with Gasteiger partial charge in [0, 0.05) is 17.6 Å². The van der Waals surface area contributed by atoms with E-state index in [1.54, 1.807) is 0 Å². The number of carbonyl (C=O) groups is 1. The van der Waals surface area contributed by atoms with E-state index in [4.69, 9.17) is 11.6 Å². The Labute approximate surface area is 118 Å². The normalized spacial score (nSPS) is 15.9. The molecule has 106 valence electrons. The molecule has 0 aliphatic rings. The molecule has 0 saturated carbocycles. The van der Waals surface area contributed by atoms with E-state index in [9.17, 15) is 9.90 Å². The standard InChI is InChI=1S/C14H20ClNO3/c1-10(11-6-5-7-12(15)8-11)16(3)9-14(2,18)13(17)19-4/h5-8,10,18H,9H2,1-4H3. The molecule has 0 aromatic heterocycles. The van der Waals surface area contributed by atoms with Crippen molar-refractivity contribution in [3.63, 3.8) is 0 Å². The molecule has 1 N–H and O–H groups in total. The molecule has 2 unspecified atom stereocenters. The predicted molar refractivity (Wildman–Crippen MR) is 75.1 cm³/mol. The lowest BCUT2D eigenvalue weighted by molar-refractivity contribution is -0.162. The molecule has 5 heteroatoms. The maximum absolute atomic E-state index is 11.5. The van der Waals surface area contributed by atoms with Crippen molar-refractivity contribution in [3.05, 3.63) is 34.9 Å². The average molecular weight is 286 g/mol. The molecular weight excluding hydrogens is 266 g/mol. The van der Waals surface area contributed by atoms with Gasteiger partial charge in [-0.05, 0) is 38.6 Å². The van der Waals surface area contributed by atoms with Gasteiger partial charge in [-0.1, -0.05) is 23.7 Å². The van der Waals surface area contributed by atoms with E-state index in [1.807, 2.05) is 43.1 Å². The number of methoxy groups -OCH3 is 1. The molecule has 19 heavy (non-hydrogen) atoms. The zero-order valence-electron chi connectivity index (χ0n) is 11.7. The summed E-state index contributed by atoms with van der Waals surface area (Å²) in [5, 5.41) is 10.7. The highest BCUT2D eigenvalue weighted by atomic mass is 35.5. The predicted octanol–water partition coefficient (Wildman–Crippen LogP) is 2.26. The zero-order chi connectivity index (χ0) is 14.6. The molecule has 0 heterocycles. The molecule has 1 aromatic carbocycles. The van der Waals surface area contributed by atoms with Crippen LogP contribution in [-0.4, -0.2) is 42.3 Å². The highest BCUT2D eigenvalue weighted by Gasteiger charge is 2.34. The van der Waals surface area contributed by atoms with Gasteiger partial charge in [-0.2, -0.15) is 0 Å². The number of benzene rings is 1. The summed E-state index contributed by atoms with van der Waals surface area (Å²) >= 11 is 5.96. The van der Waals surface area contributed by atoms with Crippen molar-refractivity contribution in [1.82, 2.24) is 4.90 Å². The van der Waals surface area contributed by atoms with Crippen molar-refractivity contribution in [1.29, 1.82) is 0 Å². The van der Waals surface area contributed by atoms with Gasteiger partial charge in [0.1, 0.15) is 0 Å². The second-order valence-corrected chi connectivity index (χ2v) is 5.35. The SMILES string of the molecule is COC(=O)C(C)(O)CN(C)C(C)c1cccc(Cl)c1. The van der Waals surface area contributed by atoms with Gasteiger partial charge in [0.05, 0.1) is 7.11 Å². The number of hydrogen-bond donors (Lipinski definition) is 1. The maximum atomic E-state index is 11.5. The Morgan fingerprint density at radius 3 is 2.74 bits per heavy atom. The van der Waals surface area contributed by atoms with Crippen molar-refractivity contribution >= 4 is 17.6 Å². The first-order valence-corrected chi connectivity index (χ1v) is 6.42. The Morgan fingerprint density at radius 1 is 1.58 bits per heavy atom. The molecule has 0 amide bonds. The van der Waals surface area contributed by atoms with Crippen molar-refractivity contribution in [2.24, 2.45) is 0 Å². The van der Waals surface area contributed by atoms with Crippen molar-refractivity contribution in [2.45, 2.75) is 25.5 Å². The number of likely N-dealkylation sites (N-methyl/N-ethyl adjacent to an activating group) is 1. The monoisotopic (exact) mass is 285 g/mol. The molecule has 1 aromatic rings. The second-order valence-electron chi connectivity index (χ2n) is 4.91.